The highest BCUT2D eigenvalue weighted by atomic mass is 35.5. The molecule has 0 aliphatic heterocycles. The molecular weight excluding hydrogens is 270 g/mol. The van der Waals surface area contributed by atoms with Crippen molar-refractivity contribution in [2.45, 2.75) is 6.92 Å². The molecule has 0 amide bonds. The highest BCUT2D eigenvalue weighted by Gasteiger charge is 2.13. The van der Waals surface area contributed by atoms with Crippen LogP contribution in [0.3, 0.4) is 0 Å². The number of nitrogens with one attached hydrogen (secondary N) is 1. The van der Waals surface area contributed by atoms with Crippen LogP contribution in [0, 0.1) is 6.92 Å². The van der Waals surface area contributed by atoms with E-state index < -0.39 is 11.9 Å². The lowest BCUT2D eigenvalue weighted by molar-refractivity contribution is -0.138. The number of rotatable bonds is 4. The molecule has 0 spiro atoms. The minimum atomic E-state index is -0.667. The summed E-state index contributed by atoms with van der Waals surface area (Å²) in [5.41, 5.74) is 1.46. The van der Waals surface area contributed by atoms with Gasteiger partial charge in [-0.05, 0) is 30.7 Å². The molecule has 0 aliphatic carbocycles. The van der Waals surface area contributed by atoms with E-state index in [1.54, 1.807) is 18.2 Å². The third-order valence-electron chi connectivity index (χ3n) is 2.33. The molecular formula is C13H14ClNO4. The van der Waals surface area contributed by atoms with Gasteiger partial charge in [-0.1, -0.05) is 11.6 Å². The van der Waals surface area contributed by atoms with Crippen LogP contribution in [0.25, 0.3) is 0 Å². The average molecular weight is 284 g/mol. The number of hydrogen-bond donors (Lipinski definition) is 1. The second-order valence-corrected chi connectivity index (χ2v) is 4.09. The largest absolute Gasteiger partial charge is 0.466 e. The molecule has 1 N–H and O–H groups in total. The zero-order chi connectivity index (χ0) is 14.4. The zero-order valence-corrected chi connectivity index (χ0v) is 11.6. The van der Waals surface area contributed by atoms with Crippen molar-refractivity contribution in [3.63, 3.8) is 0 Å². The first-order valence-electron chi connectivity index (χ1n) is 5.39. The van der Waals surface area contributed by atoms with Crippen LogP contribution < -0.4 is 5.32 Å². The summed E-state index contributed by atoms with van der Waals surface area (Å²) >= 11 is 5.84. The van der Waals surface area contributed by atoms with Crippen molar-refractivity contribution in [3.05, 3.63) is 40.6 Å². The Bertz CT molecular complexity index is 525. The Morgan fingerprint density at radius 3 is 2.47 bits per heavy atom. The van der Waals surface area contributed by atoms with Gasteiger partial charge in [0.2, 0.25) is 0 Å². The summed E-state index contributed by atoms with van der Waals surface area (Å²) in [6, 6.07) is 5.10. The normalized spacial score (nSPS) is 10.8. The Balaban J connectivity index is 3.04. The van der Waals surface area contributed by atoms with Crippen LogP contribution >= 0.6 is 11.6 Å². The summed E-state index contributed by atoms with van der Waals surface area (Å²) in [6.45, 7) is 1.82. The molecule has 5 nitrogen and oxygen atoms in total. The van der Waals surface area contributed by atoms with Gasteiger partial charge in [0, 0.05) is 10.7 Å². The summed E-state index contributed by atoms with van der Waals surface area (Å²) in [5, 5.41) is 3.40. The van der Waals surface area contributed by atoms with Gasteiger partial charge in [0.1, 0.15) is 5.70 Å². The standard InChI is InChI=1S/C13H14ClNO4/c1-8-6-9(14)4-5-10(8)15-11(13(17)19-3)7-12(16)18-2/h4-7,15H,1-3H3/b11-7-. The first kappa shape index (κ1) is 15.0. The lowest BCUT2D eigenvalue weighted by Crippen LogP contribution is -2.16. The van der Waals surface area contributed by atoms with Gasteiger partial charge < -0.3 is 14.8 Å². The number of esters is 2. The van der Waals surface area contributed by atoms with Gasteiger partial charge in [-0.2, -0.15) is 0 Å². The highest BCUT2D eigenvalue weighted by molar-refractivity contribution is 6.30. The first-order chi connectivity index (χ1) is 8.97. The van der Waals surface area contributed by atoms with E-state index in [0.717, 1.165) is 11.6 Å². The molecule has 0 bridgehead atoms. The molecule has 6 heteroatoms. The van der Waals surface area contributed by atoms with Crippen molar-refractivity contribution in [2.24, 2.45) is 0 Å². The summed E-state index contributed by atoms with van der Waals surface area (Å²) in [7, 11) is 2.45. The minimum Gasteiger partial charge on any atom is -0.466 e. The molecule has 1 rings (SSSR count). The molecule has 1 aromatic rings. The van der Waals surface area contributed by atoms with Crippen LogP contribution in [0.15, 0.2) is 30.0 Å². The van der Waals surface area contributed by atoms with Gasteiger partial charge in [0.05, 0.1) is 20.3 Å². The number of carbonyl (C=O) groups excluding carboxylic acids is 2. The molecule has 0 saturated heterocycles. The van der Waals surface area contributed by atoms with Crippen LogP contribution in [0.1, 0.15) is 5.56 Å². The Morgan fingerprint density at radius 1 is 1.26 bits per heavy atom. The van der Waals surface area contributed by atoms with Crippen molar-refractivity contribution < 1.29 is 19.1 Å². The predicted octanol–water partition coefficient (Wildman–Crippen LogP) is 2.29. The summed E-state index contributed by atoms with van der Waals surface area (Å²) in [4.78, 5) is 22.8. The molecule has 0 unspecified atom stereocenters. The van der Waals surface area contributed by atoms with E-state index in [1.807, 2.05) is 6.92 Å². The molecule has 19 heavy (non-hydrogen) atoms. The van der Waals surface area contributed by atoms with Gasteiger partial charge >= 0.3 is 11.9 Å². The number of anilines is 1. The number of benzene rings is 1. The van der Waals surface area contributed by atoms with Gasteiger partial charge in [0.25, 0.3) is 0 Å². The summed E-state index contributed by atoms with van der Waals surface area (Å²) in [5.74, 6) is -1.32. The average Bonchev–Trinajstić information content (AvgIpc) is 2.39. The number of carbonyl (C=O) groups is 2. The van der Waals surface area contributed by atoms with Crippen LogP contribution in [0.4, 0.5) is 5.69 Å². The summed E-state index contributed by atoms with van der Waals surface area (Å²) < 4.78 is 9.07. The predicted molar refractivity (Wildman–Crippen MR) is 71.9 cm³/mol. The minimum absolute atomic E-state index is 0.0141. The van der Waals surface area contributed by atoms with Crippen LogP contribution in [0.2, 0.25) is 5.02 Å². The monoisotopic (exact) mass is 283 g/mol. The molecule has 0 saturated carbocycles. The van der Waals surface area contributed by atoms with E-state index in [1.165, 1.54) is 14.2 Å². The number of halogens is 1. The number of hydrogen-bond acceptors (Lipinski definition) is 5. The van der Waals surface area contributed by atoms with E-state index in [9.17, 15) is 9.59 Å². The topological polar surface area (TPSA) is 64.6 Å². The molecule has 0 aliphatic rings. The highest BCUT2D eigenvalue weighted by Crippen LogP contribution is 2.21. The van der Waals surface area contributed by atoms with Crippen molar-refractivity contribution in [3.8, 4) is 0 Å². The van der Waals surface area contributed by atoms with Crippen molar-refractivity contribution >= 4 is 29.2 Å². The maximum Gasteiger partial charge on any atom is 0.354 e. The Kier molecular flexibility index (Phi) is 5.38. The van der Waals surface area contributed by atoms with Crippen LogP contribution in [-0.4, -0.2) is 26.2 Å². The first-order valence-corrected chi connectivity index (χ1v) is 5.77. The van der Waals surface area contributed by atoms with E-state index in [2.05, 4.69) is 14.8 Å². The maximum absolute atomic E-state index is 11.6. The third-order valence-corrected chi connectivity index (χ3v) is 2.56. The van der Waals surface area contributed by atoms with E-state index in [-0.39, 0.29) is 5.70 Å². The lowest BCUT2D eigenvalue weighted by Gasteiger charge is -2.11. The fraction of sp³-hybridized carbons (Fsp3) is 0.231. The number of methoxy groups -OCH3 is 2. The van der Waals surface area contributed by atoms with Crippen LogP contribution in [-0.2, 0) is 19.1 Å². The second kappa shape index (κ2) is 6.80. The van der Waals surface area contributed by atoms with E-state index >= 15 is 0 Å². The van der Waals surface area contributed by atoms with Gasteiger partial charge in [0.15, 0.2) is 0 Å². The van der Waals surface area contributed by atoms with E-state index in [0.29, 0.717) is 10.7 Å². The lowest BCUT2D eigenvalue weighted by atomic mass is 10.2. The van der Waals surface area contributed by atoms with Crippen LogP contribution in [0.5, 0.6) is 0 Å². The quantitative estimate of drug-likeness (QED) is 0.678. The SMILES string of the molecule is COC(=O)/C=C(\Nc1ccc(Cl)cc1C)C(=O)OC. The maximum atomic E-state index is 11.6. The molecule has 0 radical (unpaired) electrons. The number of aryl methyl sites for hydroxylation is 1. The fourth-order valence-corrected chi connectivity index (χ4v) is 1.57. The molecule has 0 fully saturated rings. The molecule has 0 heterocycles. The summed E-state index contributed by atoms with van der Waals surface area (Å²) in [6.07, 6.45) is 1.03. The van der Waals surface area contributed by atoms with Crippen molar-refractivity contribution in [1.29, 1.82) is 0 Å². The zero-order valence-electron chi connectivity index (χ0n) is 10.8. The molecule has 1 aromatic carbocycles. The molecule has 102 valence electrons. The Morgan fingerprint density at radius 2 is 1.95 bits per heavy atom. The van der Waals surface area contributed by atoms with Crippen molar-refractivity contribution in [2.75, 3.05) is 19.5 Å². The molecule has 0 atom stereocenters. The third kappa shape index (κ3) is 4.30. The Labute approximate surface area is 116 Å². The second-order valence-electron chi connectivity index (χ2n) is 3.66. The fourth-order valence-electron chi connectivity index (χ4n) is 1.35. The van der Waals surface area contributed by atoms with E-state index in [4.69, 9.17) is 11.6 Å². The van der Waals surface area contributed by atoms with Gasteiger partial charge in [-0.15, -0.1) is 0 Å². The number of ether oxygens (including phenoxy) is 2. The van der Waals surface area contributed by atoms with Gasteiger partial charge in [-0.25, -0.2) is 9.59 Å². The van der Waals surface area contributed by atoms with Gasteiger partial charge in [-0.3, -0.25) is 0 Å². The van der Waals surface area contributed by atoms with Crippen molar-refractivity contribution in [1.82, 2.24) is 0 Å². The smallest absolute Gasteiger partial charge is 0.354 e. The molecule has 0 aromatic heterocycles. The Hall–Kier alpha value is -2.01.